The molecule has 0 bridgehead atoms. The minimum Gasteiger partial charge on any atom is -0.339 e. The zero-order valence-corrected chi connectivity index (χ0v) is 9.83. The van der Waals surface area contributed by atoms with Crippen molar-refractivity contribution in [2.24, 2.45) is 11.8 Å². The van der Waals surface area contributed by atoms with Crippen LogP contribution in [-0.4, -0.2) is 36.5 Å². The van der Waals surface area contributed by atoms with Gasteiger partial charge < -0.3 is 10.2 Å². The highest BCUT2D eigenvalue weighted by atomic mass is 16.2. The summed E-state index contributed by atoms with van der Waals surface area (Å²) < 4.78 is 0. The average Bonchev–Trinajstić information content (AvgIpc) is 2.25. The number of hydrogen-bond acceptors (Lipinski definition) is 2. The number of amides is 1. The van der Waals surface area contributed by atoms with E-state index in [0.29, 0.717) is 17.9 Å². The fraction of sp³-hybridized carbons (Fsp3) is 0.917. The lowest BCUT2D eigenvalue weighted by molar-refractivity contribution is -0.139. The van der Waals surface area contributed by atoms with Crippen LogP contribution in [0.15, 0.2) is 0 Å². The summed E-state index contributed by atoms with van der Waals surface area (Å²) >= 11 is 0. The van der Waals surface area contributed by atoms with Gasteiger partial charge in [0.25, 0.3) is 0 Å². The maximum absolute atomic E-state index is 12.2. The molecule has 2 rings (SSSR count). The smallest absolute Gasteiger partial charge is 0.228 e. The number of nitrogens with one attached hydrogen (secondary N) is 1. The van der Waals surface area contributed by atoms with Crippen LogP contribution < -0.4 is 5.32 Å². The van der Waals surface area contributed by atoms with Crippen LogP contribution in [0, 0.1) is 11.8 Å². The van der Waals surface area contributed by atoms with Crippen molar-refractivity contribution in [3.63, 3.8) is 0 Å². The molecule has 2 unspecified atom stereocenters. The fourth-order valence-corrected chi connectivity index (χ4v) is 2.53. The Labute approximate surface area is 92.2 Å². The van der Waals surface area contributed by atoms with E-state index in [1.807, 2.05) is 0 Å². The first-order valence-electron chi connectivity index (χ1n) is 6.19. The van der Waals surface area contributed by atoms with Crippen LogP contribution in [0.2, 0.25) is 0 Å². The molecule has 15 heavy (non-hydrogen) atoms. The molecule has 1 N–H and O–H groups in total. The fourth-order valence-electron chi connectivity index (χ4n) is 2.53. The Morgan fingerprint density at radius 2 is 2.00 bits per heavy atom. The van der Waals surface area contributed by atoms with Crippen molar-refractivity contribution in [2.45, 2.75) is 39.2 Å². The molecule has 3 heteroatoms. The minimum absolute atomic E-state index is 0.262. The van der Waals surface area contributed by atoms with E-state index in [1.165, 1.54) is 19.3 Å². The Morgan fingerprint density at radius 1 is 1.27 bits per heavy atom. The van der Waals surface area contributed by atoms with Gasteiger partial charge in [-0.3, -0.25) is 4.79 Å². The van der Waals surface area contributed by atoms with Gasteiger partial charge in [0.1, 0.15) is 0 Å². The molecule has 2 aliphatic rings. The van der Waals surface area contributed by atoms with Crippen LogP contribution in [0.4, 0.5) is 0 Å². The van der Waals surface area contributed by atoms with Gasteiger partial charge in [0.15, 0.2) is 0 Å². The van der Waals surface area contributed by atoms with E-state index in [2.05, 4.69) is 24.1 Å². The number of carbonyl (C=O) groups is 1. The van der Waals surface area contributed by atoms with Crippen LogP contribution in [0.1, 0.15) is 33.1 Å². The molecule has 2 atom stereocenters. The Bertz CT molecular complexity index is 238. The molecule has 0 saturated carbocycles. The molecular weight excluding hydrogens is 188 g/mol. The molecule has 0 aromatic carbocycles. The van der Waals surface area contributed by atoms with Crippen molar-refractivity contribution >= 4 is 5.91 Å². The van der Waals surface area contributed by atoms with E-state index >= 15 is 0 Å². The summed E-state index contributed by atoms with van der Waals surface area (Å²) in [6.45, 7) is 7.20. The second-order valence-corrected chi connectivity index (χ2v) is 5.23. The van der Waals surface area contributed by atoms with Crippen LogP contribution >= 0.6 is 0 Å². The lowest BCUT2D eigenvalue weighted by Crippen LogP contribution is -2.54. The Hall–Kier alpha value is -0.570. The lowest BCUT2D eigenvalue weighted by Gasteiger charge is -2.35. The van der Waals surface area contributed by atoms with Crippen molar-refractivity contribution in [3.8, 4) is 0 Å². The summed E-state index contributed by atoms with van der Waals surface area (Å²) in [7, 11) is 0. The van der Waals surface area contributed by atoms with Crippen LogP contribution in [-0.2, 0) is 4.79 Å². The number of nitrogens with zero attached hydrogens (tertiary/aromatic N) is 1. The van der Waals surface area contributed by atoms with Crippen molar-refractivity contribution in [1.29, 1.82) is 0 Å². The maximum Gasteiger partial charge on any atom is 0.228 e. The van der Waals surface area contributed by atoms with Gasteiger partial charge in [-0.1, -0.05) is 13.3 Å². The van der Waals surface area contributed by atoms with Gasteiger partial charge in [-0.2, -0.15) is 0 Å². The molecule has 2 heterocycles. The molecule has 0 spiro atoms. The summed E-state index contributed by atoms with van der Waals surface area (Å²) in [5, 5.41) is 3.18. The van der Waals surface area contributed by atoms with Crippen LogP contribution in [0.5, 0.6) is 0 Å². The SMILES string of the molecule is CC1CCCC(C)N(C(=O)C2CNC2)C1. The molecule has 3 nitrogen and oxygen atoms in total. The Balaban J connectivity index is 1.99. The lowest BCUT2D eigenvalue weighted by atomic mass is 10.00. The van der Waals surface area contributed by atoms with E-state index in [-0.39, 0.29) is 5.92 Å². The number of carbonyl (C=O) groups excluding carboxylic acids is 1. The summed E-state index contributed by atoms with van der Waals surface area (Å²) in [5.41, 5.74) is 0. The number of rotatable bonds is 1. The third-order valence-electron chi connectivity index (χ3n) is 3.77. The Morgan fingerprint density at radius 3 is 2.60 bits per heavy atom. The molecular formula is C12H22N2O. The zero-order valence-electron chi connectivity index (χ0n) is 9.83. The predicted molar refractivity (Wildman–Crippen MR) is 60.5 cm³/mol. The van der Waals surface area contributed by atoms with Gasteiger partial charge in [0.05, 0.1) is 5.92 Å². The summed E-state index contributed by atoms with van der Waals surface area (Å²) in [6.07, 6.45) is 3.72. The van der Waals surface area contributed by atoms with Gasteiger partial charge in [-0.25, -0.2) is 0 Å². The third kappa shape index (κ3) is 2.33. The molecule has 0 aliphatic carbocycles. The van der Waals surface area contributed by atoms with Gasteiger partial charge in [0, 0.05) is 25.7 Å². The van der Waals surface area contributed by atoms with Gasteiger partial charge in [-0.05, 0) is 25.7 Å². The van der Waals surface area contributed by atoms with Gasteiger partial charge in [0.2, 0.25) is 5.91 Å². The molecule has 2 aliphatic heterocycles. The van der Waals surface area contributed by atoms with E-state index in [9.17, 15) is 4.79 Å². The summed E-state index contributed by atoms with van der Waals surface area (Å²) in [6, 6.07) is 0.447. The second kappa shape index (κ2) is 4.52. The number of likely N-dealkylation sites (tertiary alicyclic amines) is 1. The van der Waals surface area contributed by atoms with Crippen LogP contribution in [0.3, 0.4) is 0 Å². The molecule has 2 fully saturated rings. The van der Waals surface area contributed by atoms with Gasteiger partial charge >= 0.3 is 0 Å². The molecule has 1 amide bonds. The topological polar surface area (TPSA) is 32.3 Å². The first kappa shape index (κ1) is 10.9. The molecule has 0 aromatic rings. The zero-order chi connectivity index (χ0) is 10.8. The largest absolute Gasteiger partial charge is 0.339 e. The average molecular weight is 210 g/mol. The van der Waals surface area contributed by atoms with Crippen molar-refractivity contribution in [3.05, 3.63) is 0 Å². The third-order valence-corrected chi connectivity index (χ3v) is 3.77. The highest BCUT2D eigenvalue weighted by Crippen LogP contribution is 2.23. The molecule has 0 aromatic heterocycles. The standard InChI is InChI=1S/C12H22N2O/c1-9-4-3-5-10(2)14(8-9)12(15)11-6-13-7-11/h9-11,13H,3-8H2,1-2H3. The highest BCUT2D eigenvalue weighted by Gasteiger charge is 2.33. The number of hydrogen-bond donors (Lipinski definition) is 1. The Kier molecular flexibility index (Phi) is 3.29. The quantitative estimate of drug-likeness (QED) is 0.706. The maximum atomic E-state index is 12.2. The van der Waals surface area contributed by atoms with Gasteiger partial charge in [-0.15, -0.1) is 0 Å². The molecule has 86 valence electrons. The first-order chi connectivity index (χ1) is 7.18. The van der Waals surface area contributed by atoms with E-state index < -0.39 is 0 Å². The van der Waals surface area contributed by atoms with Crippen molar-refractivity contribution < 1.29 is 4.79 Å². The van der Waals surface area contributed by atoms with E-state index in [4.69, 9.17) is 0 Å². The van der Waals surface area contributed by atoms with Crippen molar-refractivity contribution in [2.75, 3.05) is 19.6 Å². The summed E-state index contributed by atoms with van der Waals surface area (Å²) in [4.78, 5) is 14.3. The first-order valence-corrected chi connectivity index (χ1v) is 6.19. The van der Waals surface area contributed by atoms with Crippen LogP contribution in [0.25, 0.3) is 0 Å². The molecule has 0 radical (unpaired) electrons. The van der Waals surface area contributed by atoms with Crippen molar-refractivity contribution in [1.82, 2.24) is 10.2 Å². The van der Waals surface area contributed by atoms with E-state index in [0.717, 1.165) is 19.6 Å². The normalized spacial score (nSPS) is 33.3. The molecule has 2 saturated heterocycles. The minimum atomic E-state index is 0.262. The van der Waals surface area contributed by atoms with E-state index in [1.54, 1.807) is 0 Å². The second-order valence-electron chi connectivity index (χ2n) is 5.23. The monoisotopic (exact) mass is 210 g/mol. The summed E-state index contributed by atoms with van der Waals surface area (Å²) in [5.74, 6) is 1.32. The predicted octanol–water partition coefficient (Wildman–Crippen LogP) is 1.24. The highest BCUT2D eigenvalue weighted by molar-refractivity contribution is 5.80.